The van der Waals surface area contributed by atoms with E-state index in [4.69, 9.17) is 5.73 Å². The Kier molecular flexibility index (Phi) is 3.54. The first-order chi connectivity index (χ1) is 8.37. The molecule has 0 unspecified atom stereocenters. The smallest absolute Gasteiger partial charge is 0.0540 e. The van der Waals surface area contributed by atoms with E-state index in [1.807, 2.05) is 17.9 Å². The Labute approximate surface area is 111 Å². The fraction of sp³-hybridized carbons (Fsp3) is 0.800. The summed E-state index contributed by atoms with van der Waals surface area (Å²) in [5.41, 5.74) is 8.10. The average Bonchev–Trinajstić information content (AvgIpc) is 2.77. The Morgan fingerprint density at radius 1 is 1.44 bits per heavy atom. The first-order valence-corrected chi connectivity index (χ1v) is 7.15. The van der Waals surface area contributed by atoms with Crippen LogP contribution < -0.4 is 5.73 Å². The van der Waals surface area contributed by atoms with Crippen LogP contribution in [-0.4, -0.2) is 9.78 Å². The summed E-state index contributed by atoms with van der Waals surface area (Å²) in [5, 5.41) is 4.26. The van der Waals surface area contributed by atoms with E-state index in [9.17, 15) is 0 Å². The highest BCUT2D eigenvalue weighted by molar-refractivity contribution is 5.18. The van der Waals surface area contributed by atoms with Crippen LogP contribution in [0.5, 0.6) is 0 Å². The molecule has 18 heavy (non-hydrogen) atoms. The van der Waals surface area contributed by atoms with Crippen molar-refractivity contribution in [3.05, 3.63) is 18.0 Å². The van der Waals surface area contributed by atoms with E-state index in [0.29, 0.717) is 5.41 Å². The first kappa shape index (κ1) is 13.6. The van der Waals surface area contributed by atoms with Crippen LogP contribution in [0.3, 0.4) is 0 Å². The van der Waals surface area contributed by atoms with Crippen LogP contribution in [0.15, 0.2) is 12.4 Å². The number of aromatic nitrogens is 2. The maximum Gasteiger partial charge on any atom is 0.0540 e. The summed E-state index contributed by atoms with van der Waals surface area (Å²) in [5.74, 6) is 0.816. The predicted molar refractivity (Wildman–Crippen MR) is 75.1 cm³/mol. The van der Waals surface area contributed by atoms with Crippen molar-refractivity contribution in [1.29, 1.82) is 0 Å². The molecule has 0 bridgehead atoms. The summed E-state index contributed by atoms with van der Waals surface area (Å²) < 4.78 is 1.85. The molecule has 3 heteroatoms. The van der Waals surface area contributed by atoms with E-state index in [1.54, 1.807) is 0 Å². The third-order valence-electron chi connectivity index (χ3n) is 5.17. The quantitative estimate of drug-likeness (QED) is 0.894. The molecule has 0 amide bonds. The monoisotopic (exact) mass is 249 g/mol. The van der Waals surface area contributed by atoms with Crippen molar-refractivity contribution in [2.75, 3.05) is 0 Å². The van der Waals surface area contributed by atoms with E-state index in [2.05, 4.69) is 32.1 Å². The zero-order chi connectivity index (χ0) is 13.4. The maximum absolute atomic E-state index is 6.59. The van der Waals surface area contributed by atoms with E-state index < -0.39 is 0 Å². The summed E-state index contributed by atoms with van der Waals surface area (Å²) in [4.78, 5) is 0. The highest BCUT2D eigenvalue weighted by atomic mass is 15.2. The van der Waals surface area contributed by atoms with Crippen molar-refractivity contribution in [3.63, 3.8) is 0 Å². The van der Waals surface area contributed by atoms with Crippen LogP contribution in [0, 0.1) is 11.3 Å². The zero-order valence-electron chi connectivity index (χ0n) is 12.2. The molecule has 0 aliphatic heterocycles. The predicted octanol–water partition coefficient (Wildman–Crippen LogP) is 3.20. The number of rotatable bonds is 3. The highest BCUT2D eigenvalue weighted by Gasteiger charge is 2.38. The summed E-state index contributed by atoms with van der Waals surface area (Å²) >= 11 is 0. The second-order valence-electron chi connectivity index (χ2n) is 6.68. The lowest BCUT2D eigenvalue weighted by Gasteiger charge is -2.43. The largest absolute Gasteiger partial charge is 0.321 e. The maximum atomic E-state index is 6.59. The van der Waals surface area contributed by atoms with Gasteiger partial charge in [-0.25, -0.2) is 0 Å². The van der Waals surface area contributed by atoms with Gasteiger partial charge in [0.05, 0.1) is 6.20 Å². The van der Waals surface area contributed by atoms with E-state index in [-0.39, 0.29) is 5.54 Å². The molecule has 1 aliphatic carbocycles. The van der Waals surface area contributed by atoms with Gasteiger partial charge in [0, 0.05) is 24.3 Å². The summed E-state index contributed by atoms with van der Waals surface area (Å²) in [6, 6.07) is 0. The number of hydrogen-bond acceptors (Lipinski definition) is 2. The molecule has 3 nitrogen and oxygen atoms in total. The van der Waals surface area contributed by atoms with Crippen molar-refractivity contribution in [2.24, 2.45) is 24.1 Å². The average molecular weight is 249 g/mol. The Morgan fingerprint density at radius 3 is 2.50 bits per heavy atom. The molecule has 102 valence electrons. The molecule has 0 saturated heterocycles. The Morgan fingerprint density at radius 2 is 2.06 bits per heavy atom. The van der Waals surface area contributed by atoms with Gasteiger partial charge in [-0.15, -0.1) is 0 Å². The van der Waals surface area contributed by atoms with E-state index >= 15 is 0 Å². The van der Waals surface area contributed by atoms with Crippen LogP contribution in [0.2, 0.25) is 0 Å². The topological polar surface area (TPSA) is 43.8 Å². The first-order valence-electron chi connectivity index (χ1n) is 7.15. The van der Waals surface area contributed by atoms with Crippen LogP contribution in [0.1, 0.15) is 58.4 Å². The molecule has 0 atom stereocenters. The molecular weight excluding hydrogens is 222 g/mol. The molecule has 1 fully saturated rings. The molecule has 2 N–H and O–H groups in total. The molecule has 1 saturated carbocycles. The SMILES string of the molecule is CCC(C)(C)C1CCC(N)(c2cnn(C)c2)CC1. The summed E-state index contributed by atoms with van der Waals surface area (Å²) in [7, 11) is 1.96. The summed E-state index contributed by atoms with van der Waals surface area (Å²) in [6.07, 6.45) is 9.93. The van der Waals surface area contributed by atoms with E-state index in [1.165, 1.54) is 24.8 Å². The number of nitrogens with two attached hydrogens (primary N) is 1. The fourth-order valence-electron chi connectivity index (χ4n) is 3.17. The number of hydrogen-bond donors (Lipinski definition) is 1. The van der Waals surface area contributed by atoms with Crippen molar-refractivity contribution in [2.45, 2.75) is 58.4 Å². The van der Waals surface area contributed by atoms with Gasteiger partial charge in [-0.3, -0.25) is 4.68 Å². The van der Waals surface area contributed by atoms with Gasteiger partial charge in [0.2, 0.25) is 0 Å². The van der Waals surface area contributed by atoms with Crippen LogP contribution >= 0.6 is 0 Å². The normalized spacial score (nSPS) is 29.5. The zero-order valence-corrected chi connectivity index (χ0v) is 12.2. The lowest BCUT2D eigenvalue weighted by atomic mass is 9.65. The van der Waals surface area contributed by atoms with Crippen LogP contribution in [0.25, 0.3) is 0 Å². The van der Waals surface area contributed by atoms with Crippen LogP contribution in [0.4, 0.5) is 0 Å². The van der Waals surface area contributed by atoms with Gasteiger partial charge in [-0.2, -0.15) is 5.10 Å². The van der Waals surface area contributed by atoms with Gasteiger partial charge in [0.15, 0.2) is 0 Å². The number of aryl methyl sites for hydroxylation is 1. The van der Waals surface area contributed by atoms with Crippen LogP contribution in [-0.2, 0) is 12.6 Å². The van der Waals surface area contributed by atoms with Gasteiger partial charge in [0.1, 0.15) is 0 Å². The van der Waals surface area contributed by atoms with Gasteiger partial charge in [-0.1, -0.05) is 27.2 Å². The molecule has 1 heterocycles. The Hall–Kier alpha value is -0.830. The molecule has 0 radical (unpaired) electrons. The second-order valence-corrected chi connectivity index (χ2v) is 6.68. The van der Waals surface area contributed by atoms with Crippen molar-refractivity contribution in [1.82, 2.24) is 9.78 Å². The van der Waals surface area contributed by atoms with Crippen molar-refractivity contribution >= 4 is 0 Å². The minimum Gasteiger partial charge on any atom is -0.321 e. The second kappa shape index (κ2) is 4.69. The molecular formula is C15H27N3. The summed E-state index contributed by atoms with van der Waals surface area (Å²) in [6.45, 7) is 7.09. The van der Waals surface area contributed by atoms with E-state index in [0.717, 1.165) is 18.8 Å². The van der Waals surface area contributed by atoms with Crippen molar-refractivity contribution in [3.8, 4) is 0 Å². The molecule has 1 aromatic rings. The minimum absolute atomic E-state index is 0.144. The van der Waals surface area contributed by atoms with Gasteiger partial charge in [0.25, 0.3) is 0 Å². The lowest BCUT2D eigenvalue weighted by molar-refractivity contribution is 0.115. The molecule has 2 rings (SSSR count). The third kappa shape index (κ3) is 2.46. The standard InChI is InChI=1S/C15H27N3/c1-5-14(2,3)12-6-8-15(16,9-7-12)13-10-17-18(4)11-13/h10-12H,5-9,16H2,1-4H3. The molecule has 0 spiro atoms. The molecule has 0 aromatic carbocycles. The lowest BCUT2D eigenvalue weighted by Crippen LogP contribution is -2.42. The van der Waals surface area contributed by atoms with Gasteiger partial charge >= 0.3 is 0 Å². The number of nitrogens with zero attached hydrogens (tertiary/aromatic N) is 2. The van der Waals surface area contributed by atoms with Crippen molar-refractivity contribution < 1.29 is 0 Å². The molecule has 1 aromatic heterocycles. The fourth-order valence-corrected chi connectivity index (χ4v) is 3.17. The highest BCUT2D eigenvalue weighted by Crippen LogP contribution is 2.45. The minimum atomic E-state index is -0.144. The third-order valence-corrected chi connectivity index (χ3v) is 5.17. The van der Waals surface area contributed by atoms with Gasteiger partial charge in [-0.05, 0) is 37.0 Å². The Balaban J connectivity index is 2.06. The van der Waals surface area contributed by atoms with Gasteiger partial charge < -0.3 is 5.73 Å². The Bertz CT molecular complexity index is 398. The molecule has 1 aliphatic rings.